The maximum absolute atomic E-state index is 9.44. The van der Waals surface area contributed by atoms with E-state index in [1.54, 1.807) is 0 Å². The Morgan fingerprint density at radius 2 is 2.33 bits per heavy atom. The number of alkyl halides is 1. The van der Waals surface area contributed by atoms with Gasteiger partial charge in [0.15, 0.2) is 0 Å². The van der Waals surface area contributed by atoms with Gasteiger partial charge in [-0.15, -0.1) is 0 Å². The summed E-state index contributed by atoms with van der Waals surface area (Å²) >= 11 is 3.17. The topological polar surface area (TPSA) is 66.5 Å². The van der Waals surface area contributed by atoms with Crippen molar-refractivity contribution in [3.8, 4) is 0 Å². The molecular weight excluding hydrogens is 226 g/mol. The molecule has 1 heterocycles. The first-order valence-electron chi connectivity index (χ1n) is 3.57. The van der Waals surface area contributed by atoms with E-state index in [4.69, 9.17) is 0 Å². The van der Waals surface area contributed by atoms with Crippen LogP contribution >= 0.6 is 15.9 Å². The number of aliphatic hydroxyl groups excluding tert-OH is 2. The molecule has 0 saturated heterocycles. The minimum absolute atomic E-state index is 0.492. The number of halogens is 1. The molecule has 1 rings (SSSR count). The molecule has 2 N–H and O–H groups in total. The number of hydrogen-bond donors (Lipinski definition) is 2. The zero-order chi connectivity index (χ0) is 8.97. The Kier molecular flexibility index (Phi) is 3.71. The summed E-state index contributed by atoms with van der Waals surface area (Å²) in [4.78, 5) is 0. The summed E-state index contributed by atoms with van der Waals surface area (Å²) in [5, 5.41) is 22.9. The summed E-state index contributed by atoms with van der Waals surface area (Å²) in [5.41, 5.74) is 0.503. The molecule has 4 nitrogen and oxygen atoms in total. The lowest BCUT2D eigenvalue weighted by Crippen LogP contribution is -2.17. The highest BCUT2D eigenvalue weighted by atomic mass is 79.9. The zero-order valence-corrected chi connectivity index (χ0v) is 7.94. The molecule has 1 aromatic rings. The SMILES string of the molecule is OC(CCBr)C(O)c1cnoc1. The monoisotopic (exact) mass is 235 g/mol. The van der Waals surface area contributed by atoms with E-state index in [1.165, 1.54) is 12.5 Å². The summed E-state index contributed by atoms with van der Waals surface area (Å²) in [6.07, 6.45) is 1.52. The average molecular weight is 236 g/mol. The van der Waals surface area contributed by atoms with Crippen molar-refractivity contribution in [1.82, 2.24) is 5.16 Å². The molecule has 0 aliphatic rings. The van der Waals surface area contributed by atoms with Crippen LogP contribution in [-0.4, -0.2) is 26.8 Å². The van der Waals surface area contributed by atoms with Gasteiger partial charge in [-0.3, -0.25) is 0 Å². The fraction of sp³-hybridized carbons (Fsp3) is 0.571. The molecule has 0 aliphatic heterocycles. The van der Waals surface area contributed by atoms with Crippen molar-refractivity contribution in [1.29, 1.82) is 0 Å². The average Bonchev–Trinajstić information content (AvgIpc) is 2.55. The highest BCUT2D eigenvalue weighted by molar-refractivity contribution is 9.09. The third kappa shape index (κ3) is 2.30. The van der Waals surface area contributed by atoms with Gasteiger partial charge in [-0.05, 0) is 6.42 Å². The molecule has 2 atom stereocenters. The van der Waals surface area contributed by atoms with Crippen molar-refractivity contribution in [2.45, 2.75) is 18.6 Å². The maximum Gasteiger partial charge on any atom is 0.129 e. The van der Waals surface area contributed by atoms with Gasteiger partial charge >= 0.3 is 0 Å². The number of nitrogens with zero attached hydrogens (tertiary/aromatic N) is 1. The van der Waals surface area contributed by atoms with E-state index in [2.05, 4.69) is 25.6 Å². The minimum atomic E-state index is -0.909. The van der Waals surface area contributed by atoms with Crippen molar-refractivity contribution in [2.75, 3.05) is 5.33 Å². The van der Waals surface area contributed by atoms with Crippen LogP contribution in [0.25, 0.3) is 0 Å². The van der Waals surface area contributed by atoms with Gasteiger partial charge in [-0.2, -0.15) is 0 Å². The second-order valence-electron chi connectivity index (χ2n) is 2.45. The third-order valence-corrected chi connectivity index (χ3v) is 2.02. The van der Waals surface area contributed by atoms with Crippen molar-refractivity contribution in [3.63, 3.8) is 0 Å². The van der Waals surface area contributed by atoms with E-state index < -0.39 is 12.2 Å². The first-order chi connectivity index (χ1) is 5.75. The second kappa shape index (κ2) is 4.59. The minimum Gasteiger partial charge on any atom is -0.390 e. The molecule has 0 bridgehead atoms. The molecule has 0 radical (unpaired) electrons. The van der Waals surface area contributed by atoms with Crippen molar-refractivity contribution < 1.29 is 14.7 Å². The zero-order valence-electron chi connectivity index (χ0n) is 6.35. The Balaban J connectivity index is 2.53. The van der Waals surface area contributed by atoms with Gasteiger partial charge in [0.25, 0.3) is 0 Å². The lowest BCUT2D eigenvalue weighted by molar-refractivity contribution is 0.0170. The van der Waals surface area contributed by atoms with Gasteiger partial charge in [0, 0.05) is 10.9 Å². The molecule has 5 heteroatoms. The van der Waals surface area contributed by atoms with Gasteiger partial charge in [-0.1, -0.05) is 21.1 Å². The number of rotatable bonds is 4. The van der Waals surface area contributed by atoms with E-state index in [1.807, 2.05) is 0 Å². The van der Waals surface area contributed by atoms with Gasteiger partial charge < -0.3 is 14.7 Å². The molecule has 2 unspecified atom stereocenters. The third-order valence-electron chi connectivity index (χ3n) is 1.56. The maximum atomic E-state index is 9.44. The quantitative estimate of drug-likeness (QED) is 0.760. The van der Waals surface area contributed by atoms with E-state index >= 15 is 0 Å². The van der Waals surface area contributed by atoms with Crippen LogP contribution in [0.4, 0.5) is 0 Å². The molecule has 0 spiro atoms. The Hall–Kier alpha value is -0.390. The van der Waals surface area contributed by atoms with E-state index in [0.717, 1.165) is 0 Å². The van der Waals surface area contributed by atoms with Crippen LogP contribution in [0.3, 0.4) is 0 Å². The molecule has 68 valence electrons. The summed E-state index contributed by atoms with van der Waals surface area (Å²) < 4.78 is 4.53. The Bertz CT molecular complexity index is 214. The molecule has 0 aromatic carbocycles. The van der Waals surface area contributed by atoms with Crippen LogP contribution in [0, 0.1) is 0 Å². The molecule has 0 saturated carbocycles. The lowest BCUT2D eigenvalue weighted by atomic mass is 10.1. The van der Waals surface area contributed by atoms with Crippen LogP contribution in [0.15, 0.2) is 17.0 Å². The molecule has 1 aromatic heterocycles. The van der Waals surface area contributed by atoms with Gasteiger partial charge in [-0.25, -0.2) is 0 Å². The smallest absolute Gasteiger partial charge is 0.129 e. The molecule has 0 amide bonds. The number of hydrogen-bond acceptors (Lipinski definition) is 4. The van der Waals surface area contributed by atoms with Gasteiger partial charge in [0.05, 0.1) is 12.3 Å². The first kappa shape index (κ1) is 9.70. The van der Waals surface area contributed by atoms with Gasteiger partial charge in [0.2, 0.25) is 0 Å². The summed E-state index contributed by atoms with van der Waals surface area (Å²) in [7, 11) is 0. The fourth-order valence-electron chi connectivity index (χ4n) is 0.851. The highest BCUT2D eigenvalue weighted by Crippen LogP contribution is 2.18. The Morgan fingerprint density at radius 3 is 2.83 bits per heavy atom. The van der Waals surface area contributed by atoms with Crippen LogP contribution in [0.1, 0.15) is 18.1 Å². The first-order valence-corrected chi connectivity index (χ1v) is 4.69. The van der Waals surface area contributed by atoms with E-state index in [0.29, 0.717) is 17.3 Å². The summed E-state index contributed by atoms with van der Waals surface area (Å²) in [6.45, 7) is 0. The lowest BCUT2D eigenvalue weighted by Gasteiger charge is -2.13. The van der Waals surface area contributed by atoms with Crippen LogP contribution in [-0.2, 0) is 0 Å². The number of aliphatic hydroxyl groups is 2. The second-order valence-corrected chi connectivity index (χ2v) is 3.24. The Labute approximate surface area is 78.3 Å². The standard InChI is InChI=1S/C7H10BrNO3/c8-2-1-6(10)7(11)5-3-9-12-4-5/h3-4,6-7,10-11H,1-2H2. The van der Waals surface area contributed by atoms with Crippen LogP contribution < -0.4 is 0 Å². The predicted octanol–water partition coefficient (Wildman–Crippen LogP) is 0.854. The van der Waals surface area contributed by atoms with E-state index in [-0.39, 0.29) is 0 Å². The van der Waals surface area contributed by atoms with Crippen molar-refractivity contribution in [3.05, 3.63) is 18.0 Å². The molecule has 0 aliphatic carbocycles. The molecule has 0 fully saturated rings. The highest BCUT2D eigenvalue weighted by Gasteiger charge is 2.18. The molecule has 12 heavy (non-hydrogen) atoms. The fourth-order valence-corrected chi connectivity index (χ4v) is 1.32. The van der Waals surface area contributed by atoms with Crippen molar-refractivity contribution in [2.24, 2.45) is 0 Å². The number of aromatic nitrogens is 1. The largest absolute Gasteiger partial charge is 0.390 e. The van der Waals surface area contributed by atoms with Crippen molar-refractivity contribution >= 4 is 15.9 Å². The Morgan fingerprint density at radius 1 is 1.58 bits per heavy atom. The van der Waals surface area contributed by atoms with Gasteiger partial charge in [0.1, 0.15) is 12.4 Å². The molecular formula is C7H10BrNO3. The van der Waals surface area contributed by atoms with Crippen LogP contribution in [0.2, 0.25) is 0 Å². The van der Waals surface area contributed by atoms with Crippen LogP contribution in [0.5, 0.6) is 0 Å². The summed E-state index contributed by atoms with van der Waals surface area (Å²) in [6, 6.07) is 0. The summed E-state index contributed by atoms with van der Waals surface area (Å²) in [5.74, 6) is 0. The normalized spacial score (nSPS) is 15.9. The van der Waals surface area contributed by atoms with E-state index in [9.17, 15) is 10.2 Å². The predicted molar refractivity (Wildman–Crippen MR) is 45.9 cm³/mol.